The molecule has 4 nitrogen and oxygen atoms in total. The van der Waals surface area contributed by atoms with Gasteiger partial charge in [0.1, 0.15) is 11.4 Å². The Morgan fingerprint density at radius 1 is 0.667 bits per heavy atom. The van der Waals surface area contributed by atoms with Gasteiger partial charge in [-0.2, -0.15) is 0 Å². The van der Waals surface area contributed by atoms with E-state index in [9.17, 15) is 10.4 Å². The third-order valence-corrected chi connectivity index (χ3v) is 4.72. The summed E-state index contributed by atoms with van der Waals surface area (Å²) in [5.74, 6) is 0. The molecule has 3 rings (SSSR count). The molecule has 2 N–H and O–H groups in total. The molecule has 1 aliphatic carbocycles. The van der Waals surface area contributed by atoms with Crippen LogP contribution in [0.25, 0.3) is 10.8 Å². The molecule has 0 fully saturated rings. The summed E-state index contributed by atoms with van der Waals surface area (Å²) < 4.78 is 0. The van der Waals surface area contributed by atoms with Gasteiger partial charge in [0.2, 0.25) is 0 Å². The number of oxime groups is 2. The van der Waals surface area contributed by atoms with E-state index in [0.717, 1.165) is 33.0 Å². The smallest absolute Gasteiger partial charge is 0.140 e. The molecule has 2 aromatic rings. The Balaban J connectivity index is 2.48. The van der Waals surface area contributed by atoms with Gasteiger partial charge in [0, 0.05) is 16.5 Å². The van der Waals surface area contributed by atoms with E-state index in [4.69, 9.17) is 0 Å². The van der Waals surface area contributed by atoms with Gasteiger partial charge >= 0.3 is 0 Å². The first-order valence-corrected chi connectivity index (χ1v) is 8.16. The number of nitrogens with zero attached hydrogens (tertiary/aromatic N) is 2. The third kappa shape index (κ3) is 2.37. The highest BCUT2D eigenvalue weighted by Gasteiger charge is 2.32. The van der Waals surface area contributed by atoms with E-state index < -0.39 is 0 Å². The van der Waals surface area contributed by atoms with E-state index in [2.05, 4.69) is 64.0 Å². The van der Waals surface area contributed by atoms with E-state index in [-0.39, 0.29) is 10.8 Å². The molecule has 4 heteroatoms. The molecule has 0 unspecified atom stereocenters. The highest BCUT2D eigenvalue weighted by atomic mass is 16.4. The van der Waals surface area contributed by atoms with Crippen molar-refractivity contribution in [3.05, 3.63) is 46.5 Å². The maximum absolute atomic E-state index is 9.51. The molecule has 24 heavy (non-hydrogen) atoms. The second kappa shape index (κ2) is 5.07. The summed E-state index contributed by atoms with van der Waals surface area (Å²) in [4.78, 5) is 0. The predicted octanol–water partition coefficient (Wildman–Crippen LogP) is 4.81. The van der Waals surface area contributed by atoms with Crippen LogP contribution < -0.4 is 0 Å². The Bertz CT molecular complexity index is 824. The predicted molar refractivity (Wildman–Crippen MR) is 98.0 cm³/mol. The van der Waals surface area contributed by atoms with Gasteiger partial charge in [-0.1, -0.05) is 64.0 Å². The van der Waals surface area contributed by atoms with E-state index in [1.807, 2.05) is 12.1 Å². The van der Waals surface area contributed by atoms with Crippen molar-refractivity contribution >= 4 is 22.2 Å². The largest absolute Gasteiger partial charge is 0.410 e. The molecule has 2 aromatic carbocycles. The Morgan fingerprint density at radius 2 is 1.04 bits per heavy atom. The van der Waals surface area contributed by atoms with Crippen LogP contribution in [-0.2, 0) is 10.8 Å². The fourth-order valence-corrected chi connectivity index (χ4v) is 3.21. The van der Waals surface area contributed by atoms with Gasteiger partial charge in [-0.25, -0.2) is 0 Å². The summed E-state index contributed by atoms with van der Waals surface area (Å²) in [7, 11) is 0. The van der Waals surface area contributed by atoms with Crippen molar-refractivity contribution in [2.75, 3.05) is 0 Å². The minimum Gasteiger partial charge on any atom is -0.410 e. The first-order chi connectivity index (χ1) is 11.1. The monoisotopic (exact) mass is 324 g/mol. The third-order valence-electron chi connectivity index (χ3n) is 4.72. The highest BCUT2D eigenvalue weighted by molar-refractivity contribution is 6.60. The van der Waals surface area contributed by atoms with Gasteiger partial charge in [-0.15, -0.1) is 0 Å². The molecular weight excluding hydrogens is 300 g/mol. The topological polar surface area (TPSA) is 65.2 Å². The van der Waals surface area contributed by atoms with Crippen molar-refractivity contribution in [1.29, 1.82) is 0 Å². The van der Waals surface area contributed by atoms with E-state index in [0.29, 0.717) is 11.4 Å². The molecule has 0 atom stereocenters. The number of hydrogen-bond donors (Lipinski definition) is 2. The van der Waals surface area contributed by atoms with Gasteiger partial charge < -0.3 is 10.4 Å². The number of hydrogen-bond acceptors (Lipinski definition) is 4. The summed E-state index contributed by atoms with van der Waals surface area (Å²) >= 11 is 0. The van der Waals surface area contributed by atoms with Crippen LogP contribution in [0.1, 0.15) is 63.8 Å². The van der Waals surface area contributed by atoms with Crippen LogP contribution >= 0.6 is 0 Å². The number of rotatable bonds is 0. The standard InChI is InChI=1S/C20H24N2O2/c1-19(2,3)12-7-11-8-13(20(4,5)6)10-15-16(11)14(9-12)17(21-23)18(15)22-24/h7-10,23-24H,1-6H3/b21-17-,22-18-. The number of benzene rings is 2. The van der Waals surface area contributed by atoms with Gasteiger partial charge in [-0.05, 0) is 39.5 Å². The first kappa shape index (κ1) is 16.5. The summed E-state index contributed by atoms with van der Waals surface area (Å²) in [6.07, 6.45) is 0. The van der Waals surface area contributed by atoms with Crippen molar-refractivity contribution in [2.45, 2.75) is 52.4 Å². The van der Waals surface area contributed by atoms with Crippen molar-refractivity contribution in [1.82, 2.24) is 0 Å². The van der Waals surface area contributed by atoms with Crippen LogP contribution in [0.4, 0.5) is 0 Å². The lowest BCUT2D eigenvalue weighted by molar-refractivity contribution is 0.315. The molecule has 0 radical (unpaired) electrons. The second-order valence-electron chi connectivity index (χ2n) is 8.54. The first-order valence-electron chi connectivity index (χ1n) is 8.16. The second-order valence-corrected chi connectivity index (χ2v) is 8.54. The lowest BCUT2D eigenvalue weighted by Gasteiger charge is -2.23. The fraction of sp³-hybridized carbons (Fsp3) is 0.400. The fourth-order valence-electron chi connectivity index (χ4n) is 3.21. The average Bonchev–Trinajstić information content (AvgIpc) is 2.79. The minimum atomic E-state index is -0.0394. The van der Waals surface area contributed by atoms with Crippen LogP contribution in [0.3, 0.4) is 0 Å². The Morgan fingerprint density at radius 3 is 1.33 bits per heavy atom. The summed E-state index contributed by atoms with van der Waals surface area (Å²) in [6.45, 7) is 12.9. The average molecular weight is 324 g/mol. The molecule has 0 spiro atoms. The normalized spacial score (nSPS) is 18.1. The van der Waals surface area contributed by atoms with E-state index >= 15 is 0 Å². The molecule has 0 amide bonds. The Labute approximate surface area is 142 Å². The zero-order chi connectivity index (χ0) is 17.9. The van der Waals surface area contributed by atoms with Gasteiger partial charge in [0.25, 0.3) is 0 Å². The van der Waals surface area contributed by atoms with Crippen LogP contribution in [0, 0.1) is 0 Å². The molecule has 1 aliphatic rings. The molecule has 0 heterocycles. The zero-order valence-corrected chi connectivity index (χ0v) is 15.1. The summed E-state index contributed by atoms with van der Waals surface area (Å²) in [5.41, 5.74) is 4.53. The van der Waals surface area contributed by atoms with Crippen molar-refractivity contribution in [2.24, 2.45) is 10.3 Å². The van der Waals surface area contributed by atoms with Crippen LogP contribution in [0.15, 0.2) is 34.6 Å². The quantitative estimate of drug-likeness (QED) is 0.540. The van der Waals surface area contributed by atoms with Crippen LogP contribution in [0.2, 0.25) is 0 Å². The lowest BCUT2D eigenvalue weighted by atomic mass is 9.82. The zero-order valence-electron chi connectivity index (χ0n) is 15.1. The maximum Gasteiger partial charge on any atom is 0.140 e. The van der Waals surface area contributed by atoms with Crippen LogP contribution in [0.5, 0.6) is 0 Å². The molecule has 0 aliphatic heterocycles. The van der Waals surface area contributed by atoms with Gasteiger partial charge in [0.15, 0.2) is 0 Å². The van der Waals surface area contributed by atoms with Crippen LogP contribution in [-0.4, -0.2) is 21.8 Å². The Kier molecular flexibility index (Phi) is 3.48. The molecular formula is C20H24N2O2. The van der Waals surface area contributed by atoms with E-state index in [1.165, 1.54) is 0 Å². The van der Waals surface area contributed by atoms with Crippen molar-refractivity contribution in [3.8, 4) is 0 Å². The van der Waals surface area contributed by atoms with Gasteiger partial charge in [-0.3, -0.25) is 0 Å². The molecule has 0 aromatic heterocycles. The van der Waals surface area contributed by atoms with Gasteiger partial charge in [0.05, 0.1) is 0 Å². The van der Waals surface area contributed by atoms with Crippen molar-refractivity contribution in [3.63, 3.8) is 0 Å². The highest BCUT2D eigenvalue weighted by Crippen LogP contribution is 2.39. The molecule has 0 saturated carbocycles. The maximum atomic E-state index is 9.51. The van der Waals surface area contributed by atoms with Crippen molar-refractivity contribution < 1.29 is 10.4 Å². The molecule has 126 valence electrons. The molecule has 0 saturated heterocycles. The Hall–Kier alpha value is -2.36. The lowest BCUT2D eigenvalue weighted by Crippen LogP contribution is -2.14. The van der Waals surface area contributed by atoms with E-state index in [1.54, 1.807) is 0 Å². The summed E-state index contributed by atoms with van der Waals surface area (Å²) in [5, 5.41) is 27.9. The SMILES string of the molecule is CC(C)(C)c1cc2c3c(cc(C(C)(C)C)cc3c1)C(=N/O)/C2=N\O. The summed E-state index contributed by atoms with van der Waals surface area (Å²) in [6, 6.07) is 8.45. The molecule has 0 bridgehead atoms. The minimum absolute atomic E-state index is 0.0394.